The average Bonchev–Trinajstić information content (AvgIpc) is 2.54. The summed E-state index contributed by atoms with van der Waals surface area (Å²) in [5.41, 5.74) is 5.02. The SMILES string of the molecule is C=C(F)C(C)=O.CCc1ccc(Br)c(C)c1.Cc1ccc(C)nc1. The molecular weight excluding hydrogens is 369 g/mol. The number of hydrogen-bond acceptors (Lipinski definition) is 2. The highest BCUT2D eigenvalue weighted by molar-refractivity contribution is 9.10. The van der Waals surface area contributed by atoms with E-state index in [9.17, 15) is 9.18 Å². The van der Waals surface area contributed by atoms with Crippen LogP contribution in [0.4, 0.5) is 4.39 Å². The van der Waals surface area contributed by atoms with Gasteiger partial charge in [0.2, 0.25) is 0 Å². The van der Waals surface area contributed by atoms with Gasteiger partial charge >= 0.3 is 0 Å². The highest BCUT2D eigenvalue weighted by Crippen LogP contribution is 2.16. The second kappa shape index (κ2) is 11.7. The molecule has 130 valence electrons. The van der Waals surface area contributed by atoms with Gasteiger partial charge < -0.3 is 0 Å². The minimum Gasteiger partial charge on any atom is -0.292 e. The lowest BCUT2D eigenvalue weighted by molar-refractivity contribution is -0.114. The van der Waals surface area contributed by atoms with Crippen molar-refractivity contribution in [2.24, 2.45) is 0 Å². The molecule has 0 amide bonds. The average molecular weight is 394 g/mol. The van der Waals surface area contributed by atoms with Gasteiger partial charge in [0.1, 0.15) is 0 Å². The summed E-state index contributed by atoms with van der Waals surface area (Å²) in [7, 11) is 0. The van der Waals surface area contributed by atoms with Gasteiger partial charge in [-0.2, -0.15) is 0 Å². The Morgan fingerprint density at radius 2 is 1.79 bits per heavy atom. The van der Waals surface area contributed by atoms with Gasteiger partial charge in [0.05, 0.1) is 0 Å². The molecule has 0 unspecified atom stereocenters. The van der Waals surface area contributed by atoms with Crippen LogP contribution in [0.1, 0.15) is 36.2 Å². The van der Waals surface area contributed by atoms with Crippen molar-refractivity contribution in [3.63, 3.8) is 0 Å². The summed E-state index contributed by atoms with van der Waals surface area (Å²) < 4.78 is 12.5. The predicted octanol–water partition coefficient (Wildman–Crippen LogP) is 6.08. The Hall–Kier alpha value is -1.81. The van der Waals surface area contributed by atoms with E-state index in [1.165, 1.54) is 21.2 Å². The molecule has 0 fully saturated rings. The number of aryl methyl sites for hydroxylation is 4. The third-order valence-corrected chi connectivity index (χ3v) is 3.96. The number of pyridine rings is 1. The molecule has 1 heterocycles. The van der Waals surface area contributed by atoms with E-state index in [4.69, 9.17) is 0 Å². The van der Waals surface area contributed by atoms with E-state index >= 15 is 0 Å². The maximum Gasteiger partial charge on any atom is 0.187 e. The highest BCUT2D eigenvalue weighted by atomic mass is 79.9. The molecule has 0 aliphatic rings. The Bertz CT molecular complexity index is 633. The van der Waals surface area contributed by atoms with Crippen LogP contribution in [0, 0.1) is 20.8 Å². The van der Waals surface area contributed by atoms with Gasteiger partial charge in [-0.25, -0.2) is 4.39 Å². The van der Waals surface area contributed by atoms with Crippen LogP contribution >= 0.6 is 15.9 Å². The number of hydrogen-bond donors (Lipinski definition) is 0. The monoisotopic (exact) mass is 393 g/mol. The summed E-state index contributed by atoms with van der Waals surface area (Å²) in [5, 5.41) is 0. The first kappa shape index (κ1) is 22.2. The number of carbonyl (C=O) groups excluding carboxylic acids is 1. The number of ketones is 1. The zero-order valence-electron chi connectivity index (χ0n) is 15.0. The summed E-state index contributed by atoms with van der Waals surface area (Å²) in [6.45, 7) is 12.2. The topological polar surface area (TPSA) is 30.0 Å². The molecule has 0 saturated heterocycles. The fraction of sp³-hybridized carbons (Fsp3) is 0.300. The van der Waals surface area contributed by atoms with Gasteiger partial charge in [-0.15, -0.1) is 0 Å². The van der Waals surface area contributed by atoms with Gasteiger partial charge in [0.15, 0.2) is 11.6 Å². The quantitative estimate of drug-likeness (QED) is 0.578. The number of Topliss-reactive ketones (excluding diaryl/α,β-unsaturated/α-hetero) is 1. The molecule has 0 radical (unpaired) electrons. The van der Waals surface area contributed by atoms with Gasteiger partial charge in [0, 0.05) is 23.3 Å². The minimum atomic E-state index is -0.880. The number of nitrogens with zero attached hydrogens (tertiary/aromatic N) is 1. The van der Waals surface area contributed by atoms with E-state index in [1.54, 1.807) is 0 Å². The first-order valence-corrected chi connectivity index (χ1v) is 8.46. The van der Waals surface area contributed by atoms with Crippen LogP contribution < -0.4 is 0 Å². The lowest BCUT2D eigenvalue weighted by Crippen LogP contribution is -1.84. The van der Waals surface area contributed by atoms with Crippen molar-refractivity contribution in [3.8, 4) is 0 Å². The van der Waals surface area contributed by atoms with Crippen molar-refractivity contribution >= 4 is 21.7 Å². The van der Waals surface area contributed by atoms with Crippen LogP contribution in [0.5, 0.6) is 0 Å². The first-order valence-electron chi connectivity index (χ1n) is 7.67. The summed E-state index contributed by atoms with van der Waals surface area (Å²) in [4.78, 5) is 13.7. The maximum absolute atomic E-state index is 11.3. The molecule has 0 bridgehead atoms. The Labute approximate surface area is 153 Å². The van der Waals surface area contributed by atoms with Gasteiger partial charge in [-0.05, 0) is 56.0 Å². The molecule has 0 aliphatic carbocycles. The van der Waals surface area contributed by atoms with Crippen molar-refractivity contribution in [2.75, 3.05) is 0 Å². The predicted molar refractivity (Wildman–Crippen MR) is 103 cm³/mol. The molecule has 24 heavy (non-hydrogen) atoms. The van der Waals surface area contributed by atoms with E-state index in [-0.39, 0.29) is 0 Å². The molecule has 0 aliphatic heterocycles. The fourth-order valence-corrected chi connectivity index (χ4v) is 1.72. The van der Waals surface area contributed by atoms with Gasteiger partial charge in [-0.1, -0.05) is 47.6 Å². The van der Waals surface area contributed by atoms with E-state index in [0.717, 1.165) is 19.0 Å². The molecule has 2 aromatic rings. The number of aromatic nitrogens is 1. The number of rotatable bonds is 2. The highest BCUT2D eigenvalue weighted by Gasteiger charge is 1.93. The third kappa shape index (κ3) is 10.1. The summed E-state index contributed by atoms with van der Waals surface area (Å²) in [6, 6.07) is 10.5. The Morgan fingerprint density at radius 1 is 1.21 bits per heavy atom. The standard InChI is InChI=1S/C9H11Br.C7H9N.C4H5FO/c1-3-8-4-5-9(10)7(2)6-8;1-6-3-4-7(2)8-5-6;1-3(5)4(2)6/h4-6H,3H2,1-2H3;3-5H,1-2H3;1H2,2H3. The summed E-state index contributed by atoms with van der Waals surface area (Å²) in [5.74, 6) is -1.48. The lowest BCUT2D eigenvalue weighted by atomic mass is 10.1. The molecular formula is C20H25BrFNO. The van der Waals surface area contributed by atoms with E-state index < -0.39 is 11.6 Å². The van der Waals surface area contributed by atoms with Crippen LogP contribution in [0.2, 0.25) is 0 Å². The van der Waals surface area contributed by atoms with Crippen LogP contribution in [-0.4, -0.2) is 10.8 Å². The van der Waals surface area contributed by atoms with Crippen LogP contribution in [0.25, 0.3) is 0 Å². The largest absolute Gasteiger partial charge is 0.292 e. The molecule has 1 aromatic carbocycles. The molecule has 4 heteroatoms. The number of allylic oxidation sites excluding steroid dienone is 1. The molecule has 2 nitrogen and oxygen atoms in total. The van der Waals surface area contributed by atoms with Crippen LogP contribution in [0.15, 0.2) is 53.4 Å². The molecule has 0 N–H and O–H groups in total. The first-order chi connectivity index (χ1) is 11.2. The van der Waals surface area contributed by atoms with Crippen molar-refractivity contribution < 1.29 is 9.18 Å². The summed E-state index contributed by atoms with van der Waals surface area (Å²) >= 11 is 3.46. The number of halogens is 2. The zero-order chi connectivity index (χ0) is 18.7. The Balaban J connectivity index is 0.000000343. The maximum atomic E-state index is 11.3. The molecule has 0 spiro atoms. The van der Waals surface area contributed by atoms with Gasteiger partial charge in [-0.3, -0.25) is 9.78 Å². The number of carbonyl (C=O) groups is 1. The van der Waals surface area contributed by atoms with E-state index in [0.29, 0.717) is 0 Å². The van der Waals surface area contributed by atoms with Crippen LogP contribution in [-0.2, 0) is 11.2 Å². The van der Waals surface area contributed by atoms with Crippen molar-refractivity contribution in [1.29, 1.82) is 0 Å². The normalized spacial score (nSPS) is 9.12. The Morgan fingerprint density at radius 3 is 2.12 bits per heavy atom. The van der Waals surface area contributed by atoms with Crippen molar-refractivity contribution in [1.82, 2.24) is 4.98 Å². The van der Waals surface area contributed by atoms with E-state index in [1.807, 2.05) is 26.1 Å². The Kier molecular flexibility index (Phi) is 10.8. The molecule has 2 rings (SSSR count). The number of benzene rings is 1. The second-order valence-corrected chi connectivity index (χ2v) is 6.23. The third-order valence-electron chi connectivity index (χ3n) is 3.07. The second-order valence-electron chi connectivity index (χ2n) is 5.38. The van der Waals surface area contributed by atoms with E-state index in [2.05, 4.69) is 65.6 Å². The van der Waals surface area contributed by atoms with Crippen LogP contribution in [0.3, 0.4) is 0 Å². The van der Waals surface area contributed by atoms with Gasteiger partial charge in [0.25, 0.3) is 0 Å². The summed E-state index contributed by atoms with van der Waals surface area (Å²) in [6.07, 6.45) is 2.99. The molecule has 0 saturated carbocycles. The van der Waals surface area contributed by atoms with Crippen molar-refractivity contribution in [2.45, 2.75) is 41.0 Å². The smallest absolute Gasteiger partial charge is 0.187 e. The lowest BCUT2D eigenvalue weighted by Gasteiger charge is -1.99. The van der Waals surface area contributed by atoms with Crippen molar-refractivity contribution in [3.05, 3.63) is 75.8 Å². The molecule has 0 atom stereocenters. The zero-order valence-corrected chi connectivity index (χ0v) is 16.6. The minimum absolute atomic E-state index is 0.602. The molecule has 1 aromatic heterocycles. The fourth-order valence-electron chi connectivity index (χ4n) is 1.47.